The highest BCUT2D eigenvalue weighted by atomic mass is 16.6. The fourth-order valence-corrected chi connectivity index (χ4v) is 2.02. The number of nitrogens with two attached hydrogens (primary N) is 1. The van der Waals surface area contributed by atoms with Crippen LogP contribution in [0, 0.1) is 16.0 Å². The first kappa shape index (κ1) is 19.4. The van der Waals surface area contributed by atoms with Gasteiger partial charge in [0.25, 0.3) is 11.6 Å². The molecule has 3 N–H and O–H groups in total. The lowest BCUT2D eigenvalue weighted by atomic mass is 10.0. The molecule has 0 aliphatic heterocycles. The zero-order chi connectivity index (χ0) is 18.3. The third-order valence-corrected chi connectivity index (χ3v) is 3.38. The van der Waals surface area contributed by atoms with Crippen LogP contribution >= 0.6 is 0 Å². The highest BCUT2D eigenvalue weighted by Crippen LogP contribution is 2.22. The Morgan fingerprint density at radius 1 is 1.29 bits per heavy atom. The number of nitrogens with zero attached hydrogens (tertiary/aromatic N) is 1. The third kappa shape index (κ3) is 6.23. The predicted molar refractivity (Wildman–Crippen MR) is 89.5 cm³/mol. The Balaban J connectivity index is 2.52. The summed E-state index contributed by atoms with van der Waals surface area (Å²) in [5.74, 6) is -0.684. The van der Waals surface area contributed by atoms with Gasteiger partial charge in [-0.15, -0.1) is 0 Å². The highest BCUT2D eigenvalue weighted by molar-refractivity contribution is 5.92. The van der Waals surface area contributed by atoms with Gasteiger partial charge in [0.1, 0.15) is 5.69 Å². The maximum absolute atomic E-state index is 11.9. The number of ether oxygens (including phenoxy) is 1. The Morgan fingerprint density at radius 3 is 2.54 bits per heavy atom. The average Bonchev–Trinajstić information content (AvgIpc) is 2.50. The molecule has 0 saturated carbocycles. The fourth-order valence-electron chi connectivity index (χ4n) is 2.02. The molecule has 1 amide bonds. The van der Waals surface area contributed by atoms with Gasteiger partial charge in [0.15, 0.2) is 6.61 Å². The zero-order valence-corrected chi connectivity index (χ0v) is 14.1. The molecule has 0 bridgehead atoms. The Hall–Kier alpha value is -2.64. The maximum Gasteiger partial charge on any atom is 0.338 e. The number of anilines is 1. The van der Waals surface area contributed by atoms with E-state index in [-0.39, 0.29) is 23.0 Å². The van der Waals surface area contributed by atoms with Gasteiger partial charge < -0.3 is 15.8 Å². The number of benzene rings is 1. The van der Waals surface area contributed by atoms with Crippen LogP contribution in [0.1, 0.15) is 44.0 Å². The van der Waals surface area contributed by atoms with E-state index in [1.807, 2.05) is 6.92 Å². The van der Waals surface area contributed by atoms with Crippen LogP contribution < -0.4 is 11.1 Å². The Bertz CT molecular complexity index is 616. The summed E-state index contributed by atoms with van der Waals surface area (Å²) in [6, 6.07) is 3.58. The van der Waals surface area contributed by atoms with Crippen molar-refractivity contribution in [3.63, 3.8) is 0 Å². The molecule has 8 heteroatoms. The first-order valence-electron chi connectivity index (χ1n) is 7.71. The number of esters is 1. The number of hydrogen-bond donors (Lipinski definition) is 2. The number of amides is 1. The van der Waals surface area contributed by atoms with Crippen molar-refractivity contribution in [2.24, 2.45) is 5.92 Å². The van der Waals surface area contributed by atoms with Gasteiger partial charge in [-0.3, -0.25) is 14.9 Å². The van der Waals surface area contributed by atoms with Crippen molar-refractivity contribution in [2.45, 2.75) is 39.7 Å². The molecule has 0 aromatic heterocycles. The second-order valence-electron chi connectivity index (χ2n) is 6.05. The molecule has 0 aliphatic carbocycles. The first-order chi connectivity index (χ1) is 11.2. The smallest absolute Gasteiger partial charge is 0.338 e. The van der Waals surface area contributed by atoms with E-state index < -0.39 is 23.4 Å². The quantitative estimate of drug-likeness (QED) is 0.324. The van der Waals surface area contributed by atoms with Gasteiger partial charge in [-0.2, -0.15) is 0 Å². The van der Waals surface area contributed by atoms with E-state index in [4.69, 9.17) is 10.5 Å². The van der Waals surface area contributed by atoms with Crippen molar-refractivity contribution in [1.82, 2.24) is 5.32 Å². The van der Waals surface area contributed by atoms with E-state index >= 15 is 0 Å². The van der Waals surface area contributed by atoms with E-state index in [0.717, 1.165) is 18.9 Å². The molecule has 1 rings (SSSR count). The van der Waals surface area contributed by atoms with Crippen LogP contribution in [0.5, 0.6) is 0 Å². The fraction of sp³-hybridized carbons (Fsp3) is 0.500. The summed E-state index contributed by atoms with van der Waals surface area (Å²) in [6.07, 6.45) is 1.82. The molecule has 0 radical (unpaired) electrons. The number of hydrogen-bond acceptors (Lipinski definition) is 6. The van der Waals surface area contributed by atoms with Crippen molar-refractivity contribution < 1.29 is 19.2 Å². The minimum absolute atomic E-state index is 0.0174. The van der Waals surface area contributed by atoms with Crippen LogP contribution in [0.25, 0.3) is 0 Å². The number of nitro groups is 1. The van der Waals surface area contributed by atoms with E-state index in [2.05, 4.69) is 19.2 Å². The SMILES string of the molecule is CC(C)CC[C@@H](C)NC(=O)COC(=O)c1ccc(N)c([N+](=O)[O-])c1. The molecule has 0 aliphatic rings. The minimum Gasteiger partial charge on any atom is -0.452 e. The van der Waals surface area contributed by atoms with Gasteiger partial charge in [0.2, 0.25) is 0 Å². The van der Waals surface area contributed by atoms with Gasteiger partial charge in [0.05, 0.1) is 10.5 Å². The molecule has 0 fully saturated rings. The topological polar surface area (TPSA) is 125 Å². The van der Waals surface area contributed by atoms with Gasteiger partial charge in [-0.25, -0.2) is 4.79 Å². The monoisotopic (exact) mass is 337 g/mol. The second-order valence-corrected chi connectivity index (χ2v) is 6.05. The molecule has 1 aromatic carbocycles. The van der Waals surface area contributed by atoms with Crippen LogP contribution in [0.15, 0.2) is 18.2 Å². The molecular weight excluding hydrogens is 314 g/mol. The van der Waals surface area contributed by atoms with Gasteiger partial charge in [-0.1, -0.05) is 13.8 Å². The first-order valence-corrected chi connectivity index (χ1v) is 7.71. The number of carbonyl (C=O) groups excluding carboxylic acids is 2. The molecule has 24 heavy (non-hydrogen) atoms. The maximum atomic E-state index is 11.9. The number of rotatable bonds is 8. The molecule has 0 spiro atoms. The molecule has 0 saturated heterocycles. The third-order valence-electron chi connectivity index (χ3n) is 3.38. The molecule has 0 unspecified atom stereocenters. The van der Waals surface area contributed by atoms with Gasteiger partial charge in [-0.05, 0) is 37.8 Å². The predicted octanol–water partition coefficient (Wildman–Crippen LogP) is 2.27. The lowest BCUT2D eigenvalue weighted by molar-refractivity contribution is -0.383. The van der Waals surface area contributed by atoms with E-state index in [9.17, 15) is 19.7 Å². The molecular formula is C16H23N3O5. The summed E-state index contributed by atoms with van der Waals surface area (Å²) in [7, 11) is 0. The van der Waals surface area contributed by atoms with Crippen molar-refractivity contribution in [2.75, 3.05) is 12.3 Å². The van der Waals surface area contributed by atoms with Gasteiger partial charge in [0, 0.05) is 12.1 Å². The van der Waals surface area contributed by atoms with Crippen LogP contribution in [0.2, 0.25) is 0 Å². The highest BCUT2D eigenvalue weighted by Gasteiger charge is 2.17. The molecule has 0 heterocycles. The number of nitrogens with one attached hydrogen (secondary N) is 1. The summed E-state index contributed by atoms with van der Waals surface area (Å²) in [4.78, 5) is 33.7. The Morgan fingerprint density at radius 2 is 1.96 bits per heavy atom. The van der Waals surface area contributed by atoms with Crippen molar-refractivity contribution in [1.29, 1.82) is 0 Å². The average molecular weight is 337 g/mol. The number of nitrogen functional groups attached to an aromatic ring is 1. The number of nitro benzene ring substituents is 1. The Labute approximate surface area is 140 Å². The van der Waals surface area contributed by atoms with E-state index in [1.165, 1.54) is 12.1 Å². The standard InChI is InChI=1S/C16H23N3O5/c1-10(2)4-5-11(3)18-15(20)9-24-16(21)12-6-7-13(17)14(8-12)19(22)23/h6-8,10-11H,4-5,9,17H2,1-3H3,(H,18,20)/t11-/m1/s1. The van der Waals surface area contributed by atoms with Crippen molar-refractivity contribution in [3.8, 4) is 0 Å². The lowest BCUT2D eigenvalue weighted by Gasteiger charge is -2.15. The number of carbonyl (C=O) groups is 2. The summed E-state index contributed by atoms with van der Waals surface area (Å²) in [6.45, 7) is 5.64. The van der Waals surface area contributed by atoms with Gasteiger partial charge >= 0.3 is 5.97 Å². The Kier molecular flexibility index (Phi) is 7.16. The van der Waals surface area contributed by atoms with Crippen LogP contribution in [-0.4, -0.2) is 29.4 Å². The van der Waals surface area contributed by atoms with Crippen molar-refractivity contribution in [3.05, 3.63) is 33.9 Å². The summed E-state index contributed by atoms with van der Waals surface area (Å²) in [5, 5.41) is 13.5. The molecule has 8 nitrogen and oxygen atoms in total. The summed E-state index contributed by atoms with van der Waals surface area (Å²) in [5.41, 5.74) is 5.00. The molecule has 132 valence electrons. The van der Waals surface area contributed by atoms with Crippen molar-refractivity contribution >= 4 is 23.3 Å². The summed E-state index contributed by atoms with van der Waals surface area (Å²) >= 11 is 0. The molecule has 1 aromatic rings. The van der Waals surface area contributed by atoms with E-state index in [0.29, 0.717) is 5.92 Å². The summed E-state index contributed by atoms with van der Waals surface area (Å²) < 4.78 is 4.88. The second kappa shape index (κ2) is 8.85. The van der Waals surface area contributed by atoms with Crippen LogP contribution in [0.3, 0.4) is 0 Å². The van der Waals surface area contributed by atoms with Crippen LogP contribution in [0.4, 0.5) is 11.4 Å². The van der Waals surface area contributed by atoms with E-state index in [1.54, 1.807) is 0 Å². The minimum atomic E-state index is -0.817. The molecule has 1 atom stereocenters. The lowest BCUT2D eigenvalue weighted by Crippen LogP contribution is -2.36. The van der Waals surface area contributed by atoms with Crippen LogP contribution in [-0.2, 0) is 9.53 Å². The normalized spacial score (nSPS) is 11.8. The largest absolute Gasteiger partial charge is 0.452 e. The zero-order valence-electron chi connectivity index (χ0n) is 14.1.